The number of pyridine rings is 6. The Morgan fingerprint density at radius 2 is 0.495 bits per heavy atom. The Hall–Kier alpha value is -11.9. The first-order valence-corrected chi connectivity index (χ1v) is 30.4. The predicted molar refractivity (Wildman–Crippen MR) is 364 cm³/mol. The lowest BCUT2D eigenvalue weighted by atomic mass is 9.83. The normalized spacial score (nSPS) is 11.3. The van der Waals surface area contributed by atoms with E-state index in [2.05, 4.69) is 200 Å². The number of para-hydroxylation sites is 3. The highest BCUT2D eigenvalue weighted by Gasteiger charge is 2.27. The lowest BCUT2D eigenvalue weighted by Gasteiger charge is -2.26. The quantitative estimate of drug-likeness (QED) is 0.0777. The van der Waals surface area contributed by atoms with Crippen molar-refractivity contribution in [3.05, 3.63) is 344 Å². The molecule has 0 atom stereocenters. The molecule has 91 heavy (non-hydrogen) atoms. The van der Waals surface area contributed by atoms with E-state index in [1.165, 1.54) is 32.3 Å². The molecular formula is C82H58N6O3. The maximum Gasteiger partial charge on any atom is 0.123 e. The van der Waals surface area contributed by atoms with Crippen LogP contribution in [0.3, 0.4) is 0 Å². The van der Waals surface area contributed by atoms with Crippen LogP contribution in [0.25, 0.3) is 99.9 Å². The Labute approximate surface area is 527 Å². The molecule has 0 bridgehead atoms. The van der Waals surface area contributed by atoms with Gasteiger partial charge in [-0.1, -0.05) is 218 Å². The molecule has 15 rings (SSSR count). The molecule has 9 aromatic carbocycles. The second-order valence-corrected chi connectivity index (χ2v) is 22.4. The summed E-state index contributed by atoms with van der Waals surface area (Å²) in [6.07, 6.45) is 11.4. The zero-order chi connectivity index (χ0) is 60.7. The molecule has 6 heterocycles. The summed E-state index contributed by atoms with van der Waals surface area (Å²) in [7, 11) is 0. The second-order valence-electron chi connectivity index (χ2n) is 22.4. The number of ether oxygens (including phenoxy) is 3. The van der Waals surface area contributed by atoms with Crippen molar-refractivity contribution in [2.24, 2.45) is 0 Å². The molecule has 0 aliphatic heterocycles. The van der Waals surface area contributed by atoms with E-state index in [0.29, 0.717) is 17.2 Å². The molecule has 0 aliphatic rings. The van der Waals surface area contributed by atoms with E-state index >= 15 is 0 Å². The summed E-state index contributed by atoms with van der Waals surface area (Å²) in [4.78, 5) is 29.2. The Bertz CT molecular complexity index is 4520. The zero-order valence-corrected chi connectivity index (χ0v) is 49.6. The van der Waals surface area contributed by atoms with Crippen LogP contribution in [0.4, 0.5) is 0 Å². The van der Waals surface area contributed by atoms with Crippen molar-refractivity contribution >= 4 is 32.3 Å². The highest BCUT2D eigenvalue weighted by atomic mass is 16.5. The Morgan fingerprint density at radius 3 is 0.780 bits per heavy atom. The zero-order valence-electron chi connectivity index (χ0n) is 49.6. The summed E-state index contributed by atoms with van der Waals surface area (Å²) in [6, 6.07) is 93.6. The number of rotatable bonds is 18. The Kier molecular flexibility index (Phi) is 15.5. The van der Waals surface area contributed by atoms with E-state index in [-0.39, 0.29) is 19.8 Å². The van der Waals surface area contributed by atoms with Crippen molar-refractivity contribution < 1.29 is 14.2 Å². The molecular weight excluding hydrogens is 1120 g/mol. The molecule has 0 saturated carbocycles. The smallest absolute Gasteiger partial charge is 0.123 e. The summed E-state index contributed by atoms with van der Waals surface area (Å²) in [5, 5.41) is 7.17. The molecule has 0 spiro atoms. The SMILES string of the molecule is c1ccc(C(c2ccccc2OCc2ccc(-c3ccc(-c4cccc5ccccc45)cn3)nc2)c2ccccc2OCc2ccc(-c3ccc(-c4cccc5ccccc45)cn3)nc2)c(OCc2ccc(-c3ccc(-c4cccc5ccccc45)cn3)nc2)c1. The van der Waals surface area contributed by atoms with Gasteiger partial charge in [-0.05, 0) is 104 Å². The minimum absolute atomic E-state index is 0.278. The fourth-order valence-corrected chi connectivity index (χ4v) is 12.1. The first-order valence-electron chi connectivity index (χ1n) is 30.4. The molecule has 434 valence electrons. The summed E-state index contributed by atoms with van der Waals surface area (Å²) in [5.74, 6) is 1.73. The van der Waals surface area contributed by atoms with Gasteiger partial charge in [0.05, 0.1) is 34.2 Å². The third-order valence-corrected chi connectivity index (χ3v) is 16.7. The molecule has 0 unspecified atom stereocenters. The van der Waals surface area contributed by atoms with Crippen LogP contribution in [0.1, 0.15) is 39.3 Å². The first-order chi connectivity index (χ1) is 45.1. The summed E-state index contributed by atoms with van der Waals surface area (Å²) in [6.45, 7) is 0.835. The third kappa shape index (κ3) is 11.9. The number of aromatic nitrogens is 6. The van der Waals surface area contributed by atoms with Gasteiger partial charge in [0.2, 0.25) is 0 Å². The van der Waals surface area contributed by atoms with E-state index in [1.807, 2.05) is 110 Å². The van der Waals surface area contributed by atoms with Crippen LogP contribution in [-0.4, -0.2) is 29.9 Å². The molecule has 15 aromatic rings. The predicted octanol–water partition coefficient (Wildman–Crippen LogP) is 19.4. The van der Waals surface area contributed by atoms with E-state index < -0.39 is 5.92 Å². The van der Waals surface area contributed by atoms with Crippen molar-refractivity contribution in [3.63, 3.8) is 0 Å². The summed E-state index contributed by atoms with van der Waals surface area (Å²) in [5.41, 5.74) is 16.9. The Balaban J connectivity index is 0.690. The van der Waals surface area contributed by atoms with Gasteiger partial charge in [0.15, 0.2) is 0 Å². The lowest BCUT2D eigenvalue weighted by Crippen LogP contribution is -2.11. The molecule has 0 amide bonds. The van der Waals surface area contributed by atoms with Crippen LogP contribution in [-0.2, 0) is 19.8 Å². The standard InChI is InChI=1S/C82H58N6O3/c1-4-22-64-58(16-1)19-13-28-67(64)61-37-43-76(86-49-61)73-40-34-55(46-83-73)52-89-79-31-10-7-25-70(79)82(71-26-8-11-32-80(71)90-53-56-35-41-74(84-47-56)77-44-38-62(50-87-77)68-29-14-20-59-17-2-5-23-65(59)68)72-27-9-12-33-81(72)91-54-57-36-42-75(85-48-57)78-45-39-63(51-88-78)69-30-15-21-60-18-3-6-24-66(60)69/h1-51,82H,52-54H2. The molecule has 0 N–H and O–H groups in total. The summed E-state index contributed by atoms with van der Waals surface area (Å²) >= 11 is 0. The average Bonchev–Trinajstić information content (AvgIpc) is 3.02. The molecule has 9 nitrogen and oxygen atoms in total. The van der Waals surface area contributed by atoms with Gasteiger partial charge in [0, 0.05) is 93.2 Å². The van der Waals surface area contributed by atoms with Gasteiger partial charge in [-0.3, -0.25) is 29.9 Å². The van der Waals surface area contributed by atoms with E-state index in [1.54, 1.807) is 0 Å². The molecule has 0 fully saturated rings. The monoisotopic (exact) mass is 1170 g/mol. The van der Waals surface area contributed by atoms with Crippen molar-refractivity contribution in [3.8, 4) is 84.8 Å². The molecule has 0 aliphatic carbocycles. The van der Waals surface area contributed by atoms with Gasteiger partial charge in [-0.15, -0.1) is 0 Å². The number of benzene rings is 9. The highest BCUT2D eigenvalue weighted by Crippen LogP contribution is 2.45. The topological polar surface area (TPSA) is 105 Å². The van der Waals surface area contributed by atoms with Crippen molar-refractivity contribution in [2.45, 2.75) is 25.7 Å². The Morgan fingerprint density at radius 1 is 0.231 bits per heavy atom. The second kappa shape index (κ2) is 25.4. The van der Waals surface area contributed by atoms with Crippen molar-refractivity contribution in [1.29, 1.82) is 0 Å². The van der Waals surface area contributed by atoms with Crippen LogP contribution in [0, 0.1) is 0 Å². The number of hydrogen-bond donors (Lipinski definition) is 0. The number of fused-ring (bicyclic) bond motifs is 3. The van der Waals surface area contributed by atoms with Gasteiger partial charge >= 0.3 is 0 Å². The molecule has 0 radical (unpaired) electrons. The maximum absolute atomic E-state index is 6.85. The van der Waals surface area contributed by atoms with E-state index in [4.69, 9.17) is 44.1 Å². The van der Waals surface area contributed by atoms with E-state index in [9.17, 15) is 0 Å². The molecule has 9 heteroatoms. The maximum atomic E-state index is 6.85. The van der Waals surface area contributed by atoms with Crippen LogP contribution in [0.2, 0.25) is 0 Å². The van der Waals surface area contributed by atoms with Crippen LogP contribution >= 0.6 is 0 Å². The van der Waals surface area contributed by atoms with Gasteiger partial charge in [0.1, 0.15) is 37.1 Å². The average molecular weight is 1180 g/mol. The van der Waals surface area contributed by atoms with Crippen LogP contribution in [0.15, 0.2) is 310 Å². The largest absolute Gasteiger partial charge is 0.489 e. The van der Waals surface area contributed by atoms with E-state index in [0.717, 1.165) is 101 Å². The highest BCUT2D eigenvalue weighted by molar-refractivity contribution is 5.98. The van der Waals surface area contributed by atoms with Crippen molar-refractivity contribution in [1.82, 2.24) is 29.9 Å². The minimum atomic E-state index is -0.404. The van der Waals surface area contributed by atoms with Crippen LogP contribution in [0.5, 0.6) is 17.2 Å². The fraction of sp³-hybridized carbons (Fsp3) is 0.0488. The molecule has 6 aromatic heterocycles. The molecule has 0 saturated heterocycles. The number of nitrogens with zero attached hydrogens (tertiary/aromatic N) is 6. The van der Waals surface area contributed by atoms with Gasteiger partial charge in [-0.2, -0.15) is 0 Å². The third-order valence-electron chi connectivity index (χ3n) is 16.7. The lowest BCUT2D eigenvalue weighted by molar-refractivity contribution is 0.293. The first kappa shape index (κ1) is 55.6. The van der Waals surface area contributed by atoms with Gasteiger partial charge in [0.25, 0.3) is 0 Å². The van der Waals surface area contributed by atoms with Crippen molar-refractivity contribution in [2.75, 3.05) is 0 Å². The fourth-order valence-electron chi connectivity index (χ4n) is 12.1. The van der Waals surface area contributed by atoms with Crippen LogP contribution < -0.4 is 14.2 Å². The summed E-state index contributed by atoms with van der Waals surface area (Å²) < 4.78 is 20.6. The van der Waals surface area contributed by atoms with Gasteiger partial charge < -0.3 is 14.2 Å². The van der Waals surface area contributed by atoms with Gasteiger partial charge in [-0.25, -0.2) is 0 Å². The number of hydrogen-bond acceptors (Lipinski definition) is 9. The minimum Gasteiger partial charge on any atom is -0.489 e.